The molecule has 4 aromatic rings. The van der Waals surface area contributed by atoms with Gasteiger partial charge in [0.25, 0.3) is 0 Å². The van der Waals surface area contributed by atoms with E-state index in [0.29, 0.717) is 28.0 Å². The second-order valence-corrected chi connectivity index (χ2v) is 5.60. The maximum Gasteiger partial charge on any atom is 0.336 e. The van der Waals surface area contributed by atoms with E-state index >= 15 is 0 Å². The highest BCUT2D eigenvalue weighted by Crippen LogP contribution is 2.37. The van der Waals surface area contributed by atoms with Crippen LogP contribution in [0.2, 0.25) is 0 Å². The molecule has 5 heteroatoms. The molecular formula is C20H15NO4. The molecule has 0 aliphatic carbocycles. The second kappa shape index (κ2) is 5.94. The molecule has 5 nitrogen and oxygen atoms in total. The molecule has 0 saturated heterocycles. The Kier molecular flexibility index (Phi) is 3.61. The summed E-state index contributed by atoms with van der Waals surface area (Å²) in [5.74, 6) is 1.13. The molecule has 124 valence electrons. The van der Waals surface area contributed by atoms with Crippen molar-refractivity contribution in [3.8, 4) is 22.6 Å². The molecule has 0 amide bonds. The van der Waals surface area contributed by atoms with Gasteiger partial charge < -0.3 is 13.9 Å². The van der Waals surface area contributed by atoms with Gasteiger partial charge in [-0.15, -0.1) is 0 Å². The molecule has 0 aliphatic heterocycles. The van der Waals surface area contributed by atoms with Gasteiger partial charge in [-0.3, -0.25) is 4.98 Å². The zero-order valence-corrected chi connectivity index (χ0v) is 13.8. The zero-order chi connectivity index (χ0) is 17.4. The van der Waals surface area contributed by atoms with Gasteiger partial charge in [0.1, 0.15) is 17.1 Å². The van der Waals surface area contributed by atoms with E-state index in [2.05, 4.69) is 4.98 Å². The van der Waals surface area contributed by atoms with Gasteiger partial charge in [0.15, 0.2) is 0 Å². The van der Waals surface area contributed by atoms with Crippen molar-refractivity contribution in [2.45, 2.75) is 0 Å². The van der Waals surface area contributed by atoms with Crippen LogP contribution in [0.3, 0.4) is 0 Å². The van der Waals surface area contributed by atoms with Crippen molar-refractivity contribution in [2.24, 2.45) is 0 Å². The molecule has 0 N–H and O–H groups in total. The summed E-state index contributed by atoms with van der Waals surface area (Å²) in [7, 11) is 3.12. The van der Waals surface area contributed by atoms with E-state index in [4.69, 9.17) is 13.9 Å². The van der Waals surface area contributed by atoms with Crippen molar-refractivity contribution < 1.29 is 13.9 Å². The number of ether oxygens (including phenoxy) is 2. The molecule has 0 bridgehead atoms. The summed E-state index contributed by atoms with van der Waals surface area (Å²) in [4.78, 5) is 16.6. The number of benzene rings is 2. The monoisotopic (exact) mass is 333 g/mol. The number of methoxy groups -OCH3 is 2. The van der Waals surface area contributed by atoms with E-state index in [0.717, 1.165) is 16.5 Å². The number of hydrogen-bond donors (Lipinski definition) is 0. The average molecular weight is 333 g/mol. The lowest BCUT2D eigenvalue weighted by atomic mass is 10.0. The number of para-hydroxylation sites is 1. The van der Waals surface area contributed by atoms with Crippen LogP contribution in [0.25, 0.3) is 33.0 Å². The number of rotatable bonds is 3. The Labute approximate surface area is 143 Å². The zero-order valence-electron chi connectivity index (χ0n) is 13.8. The molecule has 2 aromatic carbocycles. The molecule has 0 fully saturated rings. The Balaban J connectivity index is 2.07. The lowest BCUT2D eigenvalue weighted by Gasteiger charge is -2.12. The highest BCUT2D eigenvalue weighted by atomic mass is 16.5. The van der Waals surface area contributed by atoms with E-state index in [-0.39, 0.29) is 0 Å². The summed E-state index contributed by atoms with van der Waals surface area (Å²) >= 11 is 0. The Morgan fingerprint density at radius 3 is 2.64 bits per heavy atom. The fourth-order valence-electron chi connectivity index (χ4n) is 2.96. The maximum atomic E-state index is 12.1. The van der Waals surface area contributed by atoms with Crippen molar-refractivity contribution in [3.05, 3.63) is 65.1 Å². The van der Waals surface area contributed by atoms with E-state index in [1.54, 1.807) is 32.5 Å². The molecule has 0 saturated carbocycles. The Morgan fingerprint density at radius 2 is 1.84 bits per heavy atom. The van der Waals surface area contributed by atoms with Crippen LogP contribution >= 0.6 is 0 Å². The molecule has 0 aliphatic rings. The minimum absolute atomic E-state index is 0.409. The minimum atomic E-state index is -0.439. The number of aromatic nitrogens is 1. The maximum absolute atomic E-state index is 12.1. The SMILES string of the molecule is COc1cc(OC)c2c(-c3cnc4ccccc4c3)cc(=O)oc2c1. The largest absolute Gasteiger partial charge is 0.496 e. The standard InChI is InChI=1S/C20H15NO4/c1-23-14-8-17(24-2)20-15(10-19(22)25-18(20)9-14)13-7-12-5-3-4-6-16(12)21-11-13/h3-11H,1-2H3. The second-order valence-electron chi connectivity index (χ2n) is 5.60. The highest BCUT2D eigenvalue weighted by Gasteiger charge is 2.15. The van der Waals surface area contributed by atoms with Crippen molar-refractivity contribution in [1.82, 2.24) is 4.98 Å². The number of nitrogens with zero attached hydrogens (tertiary/aromatic N) is 1. The van der Waals surface area contributed by atoms with Crippen LogP contribution in [0, 0.1) is 0 Å². The summed E-state index contributed by atoms with van der Waals surface area (Å²) in [5.41, 5.74) is 2.40. The van der Waals surface area contributed by atoms with Gasteiger partial charge in [-0.25, -0.2) is 4.79 Å². The molecule has 25 heavy (non-hydrogen) atoms. The van der Waals surface area contributed by atoms with Gasteiger partial charge >= 0.3 is 5.63 Å². The molecule has 0 atom stereocenters. The fourth-order valence-corrected chi connectivity index (χ4v) is 2.96. The van der Waals surface area contributed by atoms with Crippen LogP contribution in [0.1, 0.15) is 0 Å². The highest BCUT2D eigenvalue weighted by molar-refractivity contribution is 5.99. The minimum Gasteiger partial charge on any atom is -0.496 e. The van der Waals surface area contributed by atoms with Gasteiger partial charge in [-0.2, -0.15) is 0 Å². The van der Waals surface area contributed by atoms with E-state index in [9.17, 15) is 4.79 Å². The van der Waals surface area contributed by atoms with Crippen LogP contribution in [0.5, 0.6) is 11.5 Å². The molecular weight excluding hydrogens is 318 g/mol. The van der Waals surface area contributed by atoms with E-state index in [1.807, 2.05) is 30.3 Å². The van der Waals surface area contributed by atoms with Gasteiger partial charge in [-0.05, 0) is 12.1 Å². The normalized spacial score (nSPS) is 11.0. The third-order valence-corrected chi connectivity index (χ3v) is 4.14. The van der Waals surface area contributed by atoms with Crippen molar-refractivity contribution in [3.63, 3.8) is 0 Å². The van der Waals surface area contributed by atoms with Crippen molar-refractivity contribution in [1.29, 1.82) is 0 Å². The van der Waals surface area contributed by atoms with Crippen LogP contribution in [0.4, 0.5) is 0 Å². The quantitative estimate of drug-likeness (QED) is 0.530. The van der Waals surface area contributed by atoms with E-state index in [1.165, 1.54) is 6.07 Å². The first-order valence-corrected chi connectivity index (χ1v) is 7.74. The van der Waals surface area contributed by atoms with Gasteiger partial charge in [0.2, 0.25) is 0 Å². The van der Waals surface area contributed by atoms with Crippen LogP contribution < -0.4 is 15.1 Å². The Bertz CT molecular complexity index is 1150. The van der Waals surface area contributed by atoms with Crippen molar-refractivity contribution in [2.75, 3.05) is 14.2 Å². The van der Waals surface area contributed by atoms with E-state index < -0.39 is 5.63 Å². The predicted octanol–water partition coefficient (Wildman–Crippen LogP) is 4.03. The number of hydrogen-bond acceptors (Lipinski definition) is 5. The Hall–Kier alpha value is -3.34. The first-order valence-electron chi connectivity index (χ1n) is 7.74. The predicted molar refractivity (Wildman–Crippen MR) is 96.3 cm³/mol. The molecule has 4 rings (SSSR count). The van der Waals surface area contributed by atoms with Crippen LogP contribution in [0.15, 0.2) is 63.9 Å². The molecule has 0 unspecified atom stereocenters. The molecule has 0 spiro atoms. The molecule has 2 heterocycles. The average Bonchev–Trinajstić information content (AvgIpc) is 2.65. The summed E-state index contributed by atoms with van der Waals surface area (Å²) in [6.07, 6.45) is 1.75. The third kappa shape index (κ3) is 2.59. The lowest BCUT2D eigenvalue weighted by Crippen LogP contribution is -2.00. The fraction of sp³-hybridized carbons (Fsp3) is 0.100. The smallest absolute Gasteiger partial charge is 0.336 e. The van der Waals surface area contributed by atoms with Gasteiger partial charge in [0, 0.05) is 40.9 Å². The summed E-state index contributed by atoms with van der Waals surface area (Å²) < 4.78 is 16.1. The number of pyridine rings is 1. The van der Waals surface area contributed by atoms with Crippen LogP contribution in [-0.4, -0.2) is 19.2 Å². The first kappa shape index (κ1) is 15.2. The summed E-state index contributed by atoms with van der Waals surface area (Å²) in [6.45, 7) is 0. The topological polar surface area (TPSA) is 61.6 Å². The first-order chi connectivity index (χ1) is 12.2. The number of fused-ring (bicyclic) bond motifs is 2. The Morgan fingerprint density at radius 1 is 1.00 bits per heavy atom. The lowest BCUT2D eigenvalue weighted by molar-refractivity contribution is 0.396. The van der Waals surface area contributed by atoms with Gasteiger partial charge in [0.05, 0.1) is 25.1 Å². The third-order valence-electron chi connectivity index (χ3n) is 4.14. The molecule has 2 aromatic heterocycles. The van der Waals surface area contributed by atoms with Gasteiger partial charge in [-0.1, -0.05) is 18.2 Å². The summed E-state index contributed by atoms with van der Waals surface area (Å²) in [5, 5.41) is 1.70. The molecule has 0 radical (unpaired) electrons. The van der Waals surface area contributed by atoms with Crippen molar-refractivity contribution >= 4 is 21.9 Å². The summed E-state index contributed by atoms with van der Waals surface area (Å²) in [6, 6.07) is 14.7. The van der Waals surface area contributed by atoms with Crippen LogP contribution in [-0.2, 0) is 0 Å².